The maximum absolute atomic E-state index is 5.72. The second-order valence-electron chi connectivity index (χ2n) is 4.74. The molecule has 2 aromatic rings. The van der Waals surface area contributed by atoms with E-state index in [-0.39, 0.29) is 0 Å². The Kier molecular flexibility index (Phi) is 3.05. The van der Waals surface area contributed by atoms with Crippen molar-refractivity contribution in [1.82, 2.24) is 14.9 Å². The lowest BCUT2D eigenvalue weighted by molar-refractivity contribution is 0.274. The van der Waals surface area contributed by atoms with Gasteiger partial charge in [-0.25, -0.2) is 4.98 Å². The van der Waals surface area contributed by atoms with E-state index < -0.39 is 0 Å². The van der Waals surface area contributed by atoms with Gasteiger partial charge < -0.3 is 11.1 Å². The number of benzene rings is 1. The van der Waals surface area contributed by atoms with Gasteiger partial charge in [0.1, 0.15) is 5.82 Å². The Bertz CT molecular complexity index is 582. The molecule has 0 aliphatic carbocycles. The van der Waals surface area contributed by atoms with Crippen molar-refractivity contribution in [2.45, 2.75) is 19.6 Å². The molecule has 1 aliphatic rings. The second kappa shape index (κ2) is 4.85. The lowest BCUT2D eigenvalue weighted by Gasteiger charge is -2.14. The molecule has 3 rings (SSSR count). The van der Waals surface area contributed by atoms with E-state index >= 15 is 0 Å². The quantitative estimate of drug-likeness (QED) is 0.872. The molecular weight excluding hydrogens is 238 g/mol. The van der Waals surface area contributed by atoms with Crippen LogP contribution in [0, 0.1) is 0 Å². The van der Waals surface area contributed by atoms with E-state index in [4.69, 9.17) is 5.73 Å². The third-order valence-corrected chi connectivity index (χ3v) is 3.35. The van der Waals surface area contributed by atoms with Gasteiger partial charge in [-0.1, -0.05) is 30.3 Å². The van der Waals surface area contributed by atoms with Crippen molar-refractivity contribution in [1.29, 1.82) is 0 Å². The van der Waals surface area contributed by atoms with Crippen molar-refractivity contribution in [2.24, 2.45) is 0 Å². The van der Waals surface area contributed by atoms with Crippen molar-refractivity contribution in [2.75, 3.05) is 18.1 Å². The molecule has 0 fully saturated rings. The second-order valence-corrected chi connectivity index (χ2v) is 4.74. The zero-order valence-electron chi connectivity index (χ0n) is 10.9. The van der Waals surface area contributed by atoms with Crippen molar-refractivity contribution in [3.8, 4) is 0 Å². The molecule has 0 unspecified atom stereocenters. The topological polar surface area (TPSA) is 67.1 Å². The first-order valence-electron chi connectivity index (χ1n) is 6.35. The lowest BCUT2D eigenvalue weighted by atomic mass is 10.2. The van der Waals surface area contributed by atoms with E-state index in [2.05, 4.69) is 44.5 Å². The predicted octanol–water partition coefficient (Wildman–Crippen LogP) is 1.62. The Morgan fingerprint density at radius 2 is 2.00 bits per heavy atom. The first kappa shape index (κ1) is 11.9. The number of nitrogen functional groups attached to an aromatic ring is 1. The molecule has 0 bridgehead atoms. The maximum atomic E-state index is 5.72. The number of rotatable bonds is 3. The van der Waals surface area contributed by atoms with Crippen LogP contribution in [-0.4, -0.2) is 21.9 Å². The summed E-state index contributed by atoms with van der Waals surface area (Å²) in [5, 5.41) is 3.09. The molecule has 0 atom stereocenters. The van der Waals surface area contributed by atoms with Crippen LogP contribution >= 0.6 is 0 Å². The average Bonchev–Trinajstić information content (AvgIpc) is 2.81. The number of aromatic nitrogens is 2. The first-order valence-corrected chi connectivity index (χ1v) is 6.35. The number of nitrogens with zero attached hydrogens (tertiary/aromatic N) is 3. The van der Waals surface area contributed by atoms with Gasteiger partial charge in [-0.15, -0.1) is 0 Å². The van der Waals surface area contributed by atoms with Gasteiger partial charge in [-0.2, -0.15) is 4.98 Å². The Labute approximate surface area is 112 Å². The highest BCUT2D eigenvalue weighted by Gasteiger charge is 2.24. The number of fused-ring (bicyclic) bond motifs is 1. The largest absolute Gasteiger partial charge is 0.373 e. The summed E-state index contributed by atoms with van der Waals surface area (Å²) < 4.78 is 0. The number of nitrogens with one attached hydrogen (secondary N) is 1. The van der Waals surface area contributed by atoms with E-state index in [0.29, 0.717) is 5.95 Å². The van der Waals surface area contributed by atoms with Crippen molar-refractivity contribution >= 4 is 11.8 Å². The molecule has 0 amide bonds. The molecule has 0 radical (unpaired) electrons. The highest BCUT2D eigenvalue weighted by atomic mass is 15.2. The maximum Gasteiger partial charge on any atom is 0.222 e. The molecule has 0 saturated carbocycles. The molecule has 5 nitrogen and oxygen atoms in total. The lowest BCUT2D eigenvalue weighted by Crippen LogP contribution is -2.15. The third kappa shape index (κ3) is 2.37. The van der Waals surface area contributed by atoms with Crippen molar-refractivity contribution in [3.63, 3.8) is 0 Å². The van der Waals surface area contributed by atoms with Crippen LogP contribution in [0.5, 0.6) is 0 Å². The summed E-state index contributed by atoms with van der Waals surface area (Å²) in [5.74, 6) is 1.18. The van der Waals surface area contributed by atoms with Crippen LogP contribution in [0.25, 0.3) is 0 Å². The highest BCUT2D eigenvalue weighted by molar-refractivity contribution is 5.50. The molecule has 19 heavy (non-hydrogen) atoms. The smallest absolute Gasteiger partial charge is 0.222 e. The van der Waals surface area contributed by atoms with Gasteiger partial charge in [0.15, 0.2) is 0 Å². The standard InChI is InChI=1S/C14H17N5/c1-16-13-11-8-19(7-10-5-3-2-4-6-10)9-12(11)17-14(15)18-13/h2-6H,7-9H2,1H3,(H3,15,16,17,18). The van der Waals surface area contributed by atoms with Gasteiger partial charge in [-0.3, -0.25) is 4.90 Å². The summed E-state index contributed by atoms with van der Waals surface area (Å²) in [4.78, 5) is 10.9. The molecular formula is C14H17N5. The number of nitrogens with two attached hydrogens (primary N) is 1. The number of hydrogen-bond acceptors (Lipinski definition) is 5. The summed E-state index contributed by atoms with van der Waals surface area (Å²) in [5.41, 5.74) is 9.23. The SMILES string of the molecule is CNc1nc(N)nc2c1CN(Cc1ccccc1)C2. The van der Waals surface area contributed by atoms with Crippen LogP contribution in [0.2, 0.25) is 0 Å². The average molecular weight is 255 g/mol. The van der Waals surface area contributed by atoms with Gasteiger partial charge in [0, 0.05) is 32.2 Å². The zero-order chi connectivity index (χ0) is 13.2. The zero-order valence-corrected chi connectivity index (χ0v) is 10.9. The van der Waals surface area contributed by atoms with Crippen molar-refractivity contribution < 1.29 is 0 Å². The van der Waals surface area contributed by atoms with Crippen LogP contribution in [0.15, 0.2) is 30.3 Å². The highest BCUT2D eigenvalue weighted by Crippen LogP contribution is 2.28. The molecule has 0 saturated heterocycles. The molecule has 1 aliphatic heterocycles. The Hall–Kier alpha value is -2.14. The van der Waals surface area contributed by atoms with E-state index in [9.17, 15) is 0 Å². The summed E-state index contributed by atoms with van der Waals surface area (Å²) >= 11 is 0. The monoisotopic (exact) mass is 255 g/mol. The fourth-order valence-corrected chi connectivity index (χ4v) is 2.50. The van der Waals surface area contributed by atoms with Crippen molar-refractivity contribution in [3.05, 3.63) is 47.2 Å². The van der Waals surface area contributed by atoms with Gasteiger partial charge in [0.05, 0.1) is 5.69 Å². The van der Waals surface area contributed by atoms with E-state index in [1.54, 1.807) is 0 Å². The minimum Gasteiger partial charge on any atom is -0.373 e. The van der Waals surface area contributed by atoms with Crippen LogP contribution in [0.4, 0.5) is 11.8 Å². The minimum atomic E-state index is 0.338. The molecule has 98 valence electrons. The van der Waals surface area contributed by atoms with Crippen LogP contribution in [0.3, 0.4) is 0 Å². The molecule has 3 N–H and O–H groups in total. The third-order valence-electron chi connectivity index (χ3n) is 3.35. The fraction of sp³-hybridized carbons (Fsp3) is 0.286. The van der Waals surface area contributed by atoms with E-state index in [0.717, 1.165) is 36.7 Å². The fourth-order valence-electron chi connectivity index (χ4n) is 2.50. The van der Waals surface area contributed by atoms with Crippen LogP contribution in [-0.2, 0) is 19.6 Å². The molecule has 0 spiro atoms. The van der Waals surface area contributed by atoms with Crippen LogP contribution < -0.4 is 11.1 Å². The molecule has 1 aromatic carbocycles. The summed E-state index contributed by atoms with van der Waals surface area (Å²) in [7, 11) is 1.86. The Morgan fingerprint density at radius 1 is 1.21 bits per heavy atom. The summed E-state index contributed by atoms with van der Waals surface area (Å²) in [6.07, 6.45) is 0. The van der Waals surface area contributed by atoms with E-state index in [1.807, 2.05) is 13.1 Å². The van der Waals surface area contributed by atoms with E-state index in [1.165, 1.54) is 5.56 Å². The normalized spacial score (nSPS) is 14.4. The Morgan fingerprint density at radius 3 is 2.74 bits per heavy atom. The number of anilines is 2. The predicted molar refractivity (Wildman–Crippen MR) is 75.4 cm³/mol. The summed E-state index contributed by atoms with van der Waals surface area (Å²) in [6, 6.07) is 10.4. The Balaban J connectivity index is 1.81. The van der Waals surface area contributed by atoms with Gasteiger partial charge >= 0.3 is 0 Å². The molecule has 5 heteroatoms. The minimum absolute atomic E-state index is 0.338. The van der Waals surface area contributed by atoms with Gasteiger partial charge in [-0.05, 0) is 5.56 Å². The van der Waals surface area contributed by atoms with Gasteiger partial charge in [0.2, 0.25) is 5.95 Å². The number of hydrogen-bond donors (Lipinski definition) is 2. The molecule has 1 aromatic heterocycles. The molecule has 2 heterocycles. The van der Waals surface area contributed by atoms with Crippen LogP contribution in [0.1, 0.15) is 16.8 Å². The van der Waals surface area contributed by atoms with Gasteiger partial charge in [0.25, 0.3) is 0 Å². The summed E-state index contributed by atoms with van der Waals surface area (Å²) in [6.45, 7) is 2.60. The first-order chi connectivity index (χ1) is 9.26.